The molecule has 0 N–H and O–H groups in total. The Morgan fingerprint density at radius 2 is 0.957 bits per heavy atom. The standard InChI is InChI=1S/2C8H15NS2.Pd/c2*1-9(8(10)11)7-5-3-2-4-6-7;/h2*7H,2-6H2,1H3,(H,10,11);/q;;+2/p-2. The van der Waals surface area contributed by atoms with Crippen molar-refractivity contribution in [3.63, 3.8) is 0 Å². The average Bonchev–Trinajstić information content (AvgIpc) is 2.55. The molecule has 2 aliphatic rings. The minimum absolute atomic E-state index is 0. The second kappa shape index (κ2) is 13.1. The van der Waals surface area contributed by atoms with E-state index in [9.17, 15) is 0 Å². The Hall–Kier alpha value is 0.882. The van der Waals surface area contributed by atoms with E-state index >= 15 is 0 Å². The van der Waals surface area contributed by atoms with E-state index in [4.69, 9.17) is 49.7 Å². The maximum atomic E-state index is 4.94. The summed E-state index contributed by atoms with van der Waals surface area (Å²) in [5.41, 5.74) is 0. The summed E-state index contributed by atoms with van der Waals surface area (Å²) in [6, 6.07) is 1.27. The third-order valence-corrected chi connectivity index (χ3v) is 5.97. The molecule has 136 valence electrons. The van der Waals surface area contributed by atoms with E-state index in [1.165, 1.54) is 64.2 Å². The van der Waals surface area contributed by atoms with Gasteiger partial charge in [-0.15, -0.1) is 0 Å². The summed E-state index contributed by atoms with van der Waals surface area (Å²) in [5.74, 6) is 0. The molecule has 2 nitrogen and oxygen atoms in total. The summed E-state index contributed by atoms with van der Waals surface area (Å²) in [7, 11) is 4.04. The van der Waals surface area contributed by atoms with Gasteiger partial charge in [-0.25, -0.2) is 0 Å². The van der Waals surface area contributed by atoms with E-state index in [1.807, 2.05) is 14.1 Å². The summed E-state index contributed by atoms with van der Waals surface area (Å²) in [6.45, 7) is 0. The summed E-state index contributed by atoms with van der Waals surface area (Å²) in [4.78, 5) is 4.15. The first-order valence-corrected chi connectivity index (χ1v) is 9.94. The van der Waals surface area contributed by atoms with Crippen molar-refractivity contribution in [1.82, 2.24) is 9.80 Å². The minimum atomic E-state index is 0. The maximum Gasteiger partial charge on any atom is 2.00 e. The smallest absolute Gasteiger partial charge is 0.411 e. The molecule has 0 aliphatic heterocycles. The predicted molar refractivity (Wildman–Crippen MR) is 109 cm³/mol. The van der Waals surface area contributed by atoms with Gasteiger partial charge in [0.05, 0.1) is 0 Å². The van der Waals surface area contributed by atoms with E-state index < -0.39 is 0 Å². The molecule has 0 saturated heterocycles. The molecule has 0 atom stereocenters. The zero-order valence-corrected chi connectivity index (χ0v) is 18.9. The normalized spacial score (nSPS) is 18.9. The molecule has 0 amide bonds. The molecule has 0 aromatic carbocycles. The van der Waals surface area contributed by atoms with Gasteiger partial charge >= 0.3 is 20.4 Å². The van der Waals surface area contributed by atoms with Gasteiger partial charge in [-0.05, 0) is 25.7 Å². The fraction of sp³-hybridized carbons (Fsp3) is 0.875. The molecule has 0 heterocycles. The zero-order valence-electron chi connectivity index (χ0n) is 14.1. The minimum Gasteiger partial charge on any atom is -0.411 e. The van der Waals surface area contributed by atoms with Crippen molar-refractivity contribution in [2.75, 3.05) is 14.1 Å². The number of hydrogen-bond acceptors (Lipinski definition) is 4. The molecule has 0 aromatic rings. The van der Waals surface area contributed by atoms with Gasteiger partial charge in [-0.2, -0.15) is 0 Å². The summed E-state index contributed by atoms with van der Waals surface area (Å²) in [6.07, 6.45) is 13.2. The Labute approximate surface area is 178 Å². The molecular formula is C16H28N2PdS4. The van der Waals surface area contributed by atoms with Crippen LogP contribution in [0.3, 0.4) is 0 Å². The predicted octanol–water partition coefficient (Wildman–Crippen LogP) is 4.16. The Kier molecular flexibility index (Phi) is 13.6. The van der Waals surface area contributed by atoms with Crippen LogP contribution >= 0.6 is 24.4 Å². The first kappa shape index (κ1) is 23.9. The van der Waals surface area contributed by atoms with Crippen molar-refractivity contribution in [1.29, 1.82) is 0 Å². The van der Waals surface area contributed by atoms with Gasteiger partial charge in [-0.1, -0.05) is 47.2 Å². The molecule has 7 heteroatoms. The Bertz CT molecular complexity index is 322. The van der Waals surface area contributed by atoms with Crippen LogP contribution in [0.2, 0.25) is 0 Å². The van der Waals surface area contributed by atoms with E-state index in [2.05, 4.69) is 9.80 Å². The monoisotopic (exact) mass is 482 g/mol. The summed E-state index contributed by atoms with van der Waals surface area (Å²) < 4.78 is 1.24. The van der Waals surface area contributed by atoms with Crippen LogP contribution < -0.4 is 0 Å². The summed E-state index contributed by atoms with van der Waals surface area (Å²) >= 11 is 19.8. The second-order valence-corrected chi connectivity index (χ2v) is 8.40. The Morgan fingerprint density at radius 1 is 0.696 bits per heavy atom. The van der Waals surface area contributed by atoms with E-state index in [1.54, 1.807) is 0 Å². The number of thiocarbonyl (C=S) groups is 2. The first-order chi connectivity index (χ1) is 10.4. The molecule has 2 saturated carbocycles. The number of rotatable bonds is 2. The first-order valence-electron chi connectivity index (χ1n) is 8.31. The molecule has 23 heavy (non-hydrogen) atoms. The van der Waals surface area contributed by atoms with Crippen LogP contribution in [0.1, 0.15) is 64.2 Å². The topological polar surface area (TPSA) is 6.48 Å². The van der Waals surface area contributed by atoms with E-state index in [0.717, 1.165) is 0 Å². The fourth-order valence-corrected chi connectivity index (χ4v) is 3.83. The van der Waals surface area contributed by atoms with Crippen LogP contribution in [-0.4, -0.2) is 44.6 Å². The van der Waals surface area contributed by atoms with Gasteiger partial charge in [0.15, 0.2) is 0 Å². The van der Waals surface area contributed by atoms with Gasteiger partial charge < -0.3 is 59.5 Å². The Morgan fingerprint density at radius 3 is 1.17 bits per heavy atom. The van der Waals surface area contributed by atoms with Crippen molar-refractivity contribution >= 4 is 58.3 Å². The molecule has 0 unspecified atom stereocenters. The van der Waals surface area contributed by atoms with Crippen molar-refractivity contribution in [3.05, 3.63) is 0 Å². The van der Waals surface area contributed by atoms with Crippen LogP contribution in [0.5, 0.6) is 0 Å². The van der Waals surface area contributed by atoms with Crippen LogP contribution in [0.15, 0.2) is 0 Å². The van der Waals surface area contributed by atoms with Crippen molar-refractivity contribution in [3.8, 4) is 0 Å². The molecule has 2 fully saturated rings. The largest absolute Gasteiger partial charge is 2.00 e. The van der Waals surface area contributed by atoms with Gasteiger partial charge in [-0.3, -0.25) is 0 Å². The van der Waals surface area contributed by atoms with Gasteiger partial charge in [0.25, 0.3) is 0 Å². The molecule has 2 rings (SSSR count). The van der Waals surface area contributed by atoms with E-state index in [0.29, 0.717) is 20.7 Å². The third kappa shape index (κ3) is 9.23. The SMILES string of the molecule is CN(C(=S)[S-])C1CCCCC1.CN(C(=S)[S-])C1CCCCC1.[Pd+2]. The van der Waals surface area contributed by atoms with Gasteiger partial charge in [0, 0.05) is 26.2 Å². The Balaban J connectivity index is 0.000000403. The van der Waals surface area contributed by atoms with Crippen LogP contribution in [0, 0.1) is 0 Å². The number of nitrogens with zero attached hydrogens (tertiary/aromatic N) is 2. The number of hydrogen-bond donors (Lipinski definition) is 0. The van der Waals surface area contributed by atoms with E-state index in [-0.39, 0.29) is 20.4 Å². The fourth-order valence-electron chi connectivity index (χ4n) is 3.23. The van der Waals surface area contributed by atoms with Crippen molar-refractivity contribution in [2.24, 2.45) is 0 Å². The molecule has 0 bridgehead atoms. The molecule has 0 aromatic heterocycles. The third-order valence-electron chi connectivity index (χ3n) is 4.82. The average molecular weight is 483 g/mol. The molecular weight excluding hydrogens is 455 g/mol. The summed E-state index contributed by atoms with van der Waals surface area (Å²) in [5, 5.41) is 0. The molecule has 2 aliphatic carbocycles. The van der Waals surface area contributed by atoms with Crippen molar-refractivity contribution in [2.45, 2.75) is 76.3 Å². The van der Waals surface area contributed by atoms with Crippen molar-refractivity contribution < 1.29 is 20.4 Å². The molecule has 0 spiro atoms. The van der Waals surface area contributed by atoms with Crippen LogP contribution in [-0.2, 0) is 45.7 Å². The van der Waals surface area contributed by atoms with Crippen LogP contribution in [0.25, 0.3) is 0 Å². The maximum absolute atomic E-state index is 4.94. The van der Waals surface area contributed by atoms with Gasteiger partial charge in [0.1, 0.15) is 0 Å². The van der Waals surface area contributed by atoms with Gasteiger partial charge in [0.2, 0.25) is 0 Å². The van der Waals surface area contributed by atoms with Crippen LogP contribution in [0.4, 0.5) is 0 Å². The quantitative estimate of drug-likeness (QED) is 0.329. The second-order valence-electron chi connectivity index (χ2n) is 6.34. The molecule has 0 radical (unpaired) electrons. The zero-order chi connectivity index (χ0) is 16.5.